The highest BCUT2D eigenvalue weighted by atomic mass is 35.5. The van der Waals surface area contributed by atoms with Gasteiger partial charge in [0.25, 0.3) is 0 Å². The third-order valence-corrected chi connectivity index (χ3v) is 2.72. The molecule has 0 saturated carbocycles. The maximum absolute atomic E-state index is 11.8. The molecule has 0 radical (unpaired) electrons. The van der Waals surface area contributed by atoms with Gasteiger partial charge in [-0.3, -0.25) is 4.79 Å². The highest BCUT2D eigenvalue weighted by Crippen LogP contribution is 2.13. The highest BCUT2D eigenvalue weighted by molar-refractivity contribution is 5.85. The van der Waals surface area contributed by atoms with Gasteiger partial charge < -0.3 is 15.4 Å². The van der Waals surface area contributed by atoms with Gasteiger partial charge in [0.15, 0.2) is 0 Å². The van der Waals surface area contributed by atoms with E-state index >= 15 is 0 Å². The van der Waals surface area contributed by atoms with Crippen molar-refractivity contribution in [3.8, 4) is 0 Å². The second-order valence-corrected chi connectivity index (χ2v) is 4.01. The first-order chi connectivity index (χ1) is 8.15. The van der Waals surface area contributed by atoms with Gasteiger partial charge >= 0.3 is 0 Å². The summed E-state index contributed by atoms with van der Waals surface area (Å²) in [4.78, 5) is 13.4. The molecule has 1 amide bonds. The van der Waals surface area contributed by atoms with Crippen molar-refractivity contribution in [1.29, 1.82) is 0 Å². The fourth-order valence-corrected chi connectivity index (χ4v) is 1.55. The molecular weight excluding hydrogens is 252 g/mol. The van der Waals surface area contributed by atoms with Crippen molar-refractivity contribution in [3.05, 3.63) is 29.8 Å². The number of rotatable bonds is 6. The zero-order valence-corrected chi connectivity index (χ0v) is 11.7. The summed E-state index contributed by atoms with van der Waals surface area (Å²) >= 11 is 0. The minimum absolute atomic E-state index is 0. The largest absolute Gasteiger partial charge is 0.399 e. The number of methoxy groups -OCH3 is 1. The lowest BCUT2D eigenvalue weighted by Crippen LogP contribution is -2.30. The Morgan fingerprint density at radius 3 is 2.67 bits per heavy atom. The summed E-state index contributed by atoms with van der Waals surface area (Å²) in [6, 6.07) is 7.64. The van der Waals surface area contributed by atoms with Crippen LogP contribution in [0.15, 0.2) is 24.3 Å². The monoisotopic (exact) mass is 272 g/mol. The van der Waals surface area contributed by atoms with Crippen molar-refractivity contribution in [2.75, 3.05) is 33.0 Å². The van der Waals surface area contributed by atoms with E-state index in [2.05, 4.69) is 0 Å². The molecule has 0 bridgehead atoms. The van der Waals surface area contributed by atoms with Gasteiger partial charge in [-0.25, -0.2) is 0 Å². The normalized spacial score (nSPS) is 9.67. The van der Waals surface area contributed by atoms with E-state index in [1.807, 2.05) is 24.3 Å². The zero-order valence-electron chi connectivity index (χ0n) is 10.9. The lowest BCUT2D eigenvalue weighted by molar-refractivity contribution is -0.130. The quantitative estimate of drug-likeness (QED) is 0.803. The second kappa shape index (κ2) is 8.78. The lowest BCUT2D eigenvalue weighted by atomic mass is 10.1. The van der Waals surface area contributed by atoms with Gasteiger partial charge in [0.1, 0.15) is 0 Å². The Balaban J connectivity index is 0.00000289. The number of hydrogen-bond acceptors (Lipinski definition) is 3. The van der Waals surface area contributed by atoms with Crippen molar-refractivity contribution in [3.63, 3.8) is 0 Å². The number of nitrogens with zero attached hydrogens (tertiary/aromatic N) is 1. The molecule has 18 heavy (non-hydrogen) atoms. The van der Waals surface area contributed by atoms with Crippen LogP contribution in [-0.4, -0.2) is 38.1 Å². The van der Waals surface area contributed by atoms with Crippen LogP contribution in [0.3, 0.4) is 0 Å². The van der Waals surface area contributed by atoms with E-state index in [9.17, 15) is 4.79 Å². The van der Waals surface area contributed by atoms with Gasteiger partial charge in [0.05, 0.1) is 6.61 Å². The van der Waals surface area contributed by atoms with Crippen LogP contribution in [0.1, 0.15) is 12.0 Å². The molecule has 102 valence electrons. The Labute approximate surface area is 115 Å². The number of aryl methyl sites for hydroxylation is 1. The van der Waals surface area contributed by atoms with Crippen LogP contribution in [0.4, 0.5) is 5.69 Å². The van der Waals surface area contributed by atoms with Crippen LogP contribution in [0.5, 0.6) is 0 Å². The average molecular weight is 273 g/mol. The molecule has 0 aliphatic carbocycles. The number of anilines is 1. The Bertz CT molecular complexity index is 372. The Kier molecular flexibility index (Phi) is 8.16. The summed E-state index contributed by atoms with van der Waals surface area (Å²) in [7, 11) is 3.42. The fraction of sp³-hybridized carbons (Fsp3) is 0.462. The zero-order chi connectivity index (χ0) is 12.7. The van der Waals surface area contributed by atoms with E-state index in [0.717, 1.165) is 11.3 Å². The maximum atomic E-state index is 11.8. The van der Waals surface area contributed by atoms with E-state index in [4.69, 9.17) is 10.5 Å². The summed E-state index contributed by atoms with van der Waals surface area (Å²) in [5.74, 6) is 0.116. The summed E-state index contributed by atoms with van der Waals surface area (Å²) in [6.07, 6.45) is 1.16. The number of amides is 1. The smallest absolute Gasteiger partial charge is 0.222 e. The van der Waals surface area contributed by atoms with Gasteiger partial charge in [-0.1, -0.05) is 18.2 Å². The average Bonchev–Trinajstić information content (AvgIpc) is 2.34. The Morgan fingerprint density at radius 1 is 1.39 bits per heavy atom. The van der Waals surface area contributed by atoms with Gasteiger partial charge in [-0.15, -0.1) is 12.4 Å². The molecule has 4 nitrogen and oxygen atoms in total. The van der Waals surface area contributed by atoms with Crippen LogP contribution in [0.2, 0.25) is 0 Å². The van der Waals surface area contributed by atoms with Crippen LogP contribution in [-0.2, 0) is 16.0 Å². The van der Waals surface area contributed by atoms with Crippen LogP contribution in [0, 0.1) is 0 Å². The van der Waals surface area contributed by atoms with Crippen molar-refractivity contribution in [1.82, 2.24) is 4.90 Å². The topological polar surface area (TPSA) is 55.6 Å². The predicted octanol–water partition coefficient (Wildman–Crippen LogP) is 1.73. The SMILES string of the molecule is COCCN(C)C(=O)CCc1ccccc1N.Cl. The number of likely N-dealkylation sites (N-methyl/N-ethyl adjacent to an activating group) is 1. The van der Waals surface area contributed by atoms with Crippen molar-refractivity contribution < 1.29 is 9.53 Å². The van der Waals surface area contributed by atoms with E-state index in [0.29, 0.717) is 26.0 Å². The van der Waals surface area contributed by atoms with Crippen molar-refractivity contribution in [2.24, 2.45) is 0 Å². The van der Waals surface area contributed by atoms with Crippen molar-refractivity contribution >= 4 is 24.0 Å². The van der Waals surface area contributed by atoms with E-state index in [1.165, 1.54) is 0 Å². The molecule has 1 aromatic carbocycles. The maximum Gasteiger partial charge on any atom is 0.222 e. The molecule has 0 aliphatic heterocycles. The number of benzene rings is 1. The lowest BCUT2D eigenvalue weighted by Gasteiger charge is -2.16. The predicted molar refractivity (Wildman–Crippen MR) is 75.9 cm³/mol. The number of hydrogen-bond donors (Lipinski definition) is 1. The number of halogens is 1. The van der Waals surface area contributed by atoms with Gasteiger partial charge in [-0.05, 0) is 18.1 Å². The number of carbonyl (C=O) groups is 1. The molecule has 0 fully saturated rings. The van der Waals surface area contributed by atoms with E-state index in [1.54, 1.807) is 19.1 Å². The molecule has 2 N–H and O–H groups in total. The first-order valence-corrected chi connectivity index (χ1v) is 5.71. The first-order valence-electron chi connectivity index (χ1n) is 5.71. The van der Waals surface area contributed by atoms with Gasteiger partial charge in [0, 0.05) is 32.8 Å². The molecular formula is C13H21ClN2O2. The molecule has 0 aliphatic rings. The number of nitrogen functional groups attached to an aromatic ring is 1. The van der Waals surface area contributed by atoms with Crippen LogP contribution in [0.25, 0.3) is 0 Å². The van der Waals surface area contributed by atoms with Crippen molar-refractivity contribution in [2.45, 2.75) is 12.8 Å². The van der Waals surface area contributed by atoms with Crippen LogP contribution < -0.4 is 5.73 Å². The number of ether oxygens (including phenoxy) is 1. The minimum atomic E-state index is 0. The minimum Gasteiger partial charge on any atom is -0.399 e. The molecule has 0 heterocycles. The second-order valence-electron chi connectivity index (χ2n) is 4.01. The third kappa shape index (κ3) is 5.38. The van der Waals surface area contributed by atoms with Gasteiger partial charge in [0.2, 0.25) is 5.91 Å². The summed E-state index contributed by atoms with van der Waals surface area (Å²) < 4.78 is 4.93. The number of nitrogens with two attached hydrogens (primary N) is 1. The molecule has 5 heteroatoms. The molecule has 0 spiro atoms. The Hall–Kier alpha value is -1.26. The number of carbonyl (C=O) groups excluding carboxylic acids is 1. The summed E-state index contributed by atoms with van der Waals surface area (Å²) in [5, 5.41) is 0. The van der Waals surface area contributed by atoms with Gasteiger partial charge in [-0.2, -0.15) is 0 Å². The molecule has 1 aromatic rings. The molecule has 0 aromatic heterocycles. The van der Waals surface area contributed by atoms with E-state index < -0.39 is 0 Å². The Morgan fingerprint density at radius 2 is 2.06 bits per heavy atom. The van der Waals surface area contributed by atoms with E-state index in [-0.39, 0.29) is 18.3 Å². The molecule has 0 saturated heterocycles. The molecule has 0 atom stereocenters. The third-order valence-electron chi connectivity index (χ3n) is 2.72. The summed E-state index contributed by atoms with van der Waals surface area (Å²) in [6.45, 7) is 1.19. The standard InChI is InChI=1S/C13H20N2O2.ClH/c1-15(9-10-17-2)13(16)8-7-11-5-3-4-6-12(11)14;/h3-6H,7-10,14H2,1-2H3;1H. The highest BCUT2D eigenvalue weighted by Gasteiger charge is 2.09. The number of para-hydroxylation sites is 1. The molecule has 1 rings (SSSR count). The summed E-state index contributed by atoms with van der Waals surface area (Å²) in [5.41, 5.74) is 7.60. The fourth-order valence-electron chi connectivity index (χ4n) is 1.55. The first kappa shape index (κ1) is 16.7. The van der Waals surface area contributed by atoms with Crippen LogP contribution >= 0.6 is 12.4 Å². The molecule has 0 unspecified atom stereocenters.